The third kappa shape index (κ3) is 2.62. The van der Waals surface area contributed by atoms with Crippen LogP contribution in [0.15, 0.2) is 22.7 Å². The molecule has 0 spiro atoms. The van der Waals surface area contributed by atoms with Crippen molar-refractivity contribution >= 4 is 45.2 Å². The van der Waals surface area contributed by atoms with Crippen molar-refractivity contribution < 1.29 is 14.7 Å². The molecule has 1 aliphatic rings. The average molecular weight is 362 g/mol. The lowest BCUT2D eigenvalue weighted by atomic mass is 10.00. The van der Waals surface area contributed by atoms with Gasteiger partial charge in [-0.05, 0) is 47.8 Å². The Kier molecular flexibility index (Phi) is 4.25. The van der Waals surface area contributed by atoms with Gasteiger partial charge in [-0.2, -0.15) is 0 Å². The van der Waals surface area contributed by atoms with Crippen molar-refractivity contribution in [3.63, 3.8) is 0 Å². The minimum atomic E-state index is -1.16. The first-order valence-electron chi connectivity index (χ1n) is 6.12. The number of halogens is 2. The number of rotatable bonds is 2. The lowest BCUT2D eigenvalue weighted by molar-refractivity contribution is -0.146. The quantitative estimate of drug-likeness (QED) is 0.846. The SMILES string of the molecule is CC1(C(=O)O)CCCN1C(=O)Nc1cccc(Cl)c1Br. The highest BCUT2D eigenvalue weighted by molar-refractivity contribution is 9.10. The molecule has 1 aliphatic heterocycles. The number of anilines is 1. The molecule has 0 radical (unpaired) electrons. The number of nitrogens with one attached hydrogen (secondary N) is 1. The molecule has 1 aromatic carbocycles. The van der Waals surface area contributed by atoms with Crippen LogP contribution in [0, 0.1) is 0 Å². The molecule has 2 rings (SSSR count). The number of carbonyl (C=O) groups excluding carboxylic acids is 1. The lowest BCUT2D eigenvalue weighted by Gasteiger charge is -2.31. The molecule has 1 fully saturated rings. The van der Waals surface area contributed by atoms with Gasteiger partial charge in [0, 0.05) is 6.54 Å². The summed E-state index contributed by atoms with van der Waals surface area (Å²) in [5, 5.41) is 12.5. The van der Waals surface area contributed by atoms with E-state index in [1.54, 1.807) is 25.1 Å². The summed E-state index contributed by atoms with van der Waals surface area (Å²) in [5.74, 6) is -0.990. The molecule has 2 amide bonds. The molecule has 0 saturated carbocycles. The Morgan fingerprint density at radius 1 is 1.50 bits per heavy atom. The zero-order chi connectivity index (χ0) is 14.9. The molecule has 1 saturated heterocycles. The fourth-order valence-electron chi connectivity index (χ4n) is 2.29. The van der Waals surface area contributed by atoms with Gasteiger partial charge in [0.15, 0.2) is 0 Å². The third-order valence-electron chi connectivity index (χ3n) is 3.54. The number of carboxylic acids is 1. The predicted molar refractivity (Wildman–Crippen MR) is 80.2 cm³/mol. The first-order chi connectivity index (χ1) is 9.36. The van der Waals surface area contributed by atoms with Gasteiger partial charge in [-0.25, -0.2) is 9.59 Å². The summed E-state index contributed by atoms with van der Waals surface area (Å²) in [7, 11) is 0. The monoisotopic (exact) mass is 360 g/mol. The van der Waals surface area contributed by atoms with Crippen molar-refractivity contribution in [3.05, 3.63) is 27.7 Å². The summed E-state index contributed by atoms with van der Waals surface area (Å²) in [6.45, 7) is 1.99. The van der Waals surface area contributed by atoms with Crippen molar-refractivity contribution in [2.24, 2.45) is 0 Å². The molecule has 0 aromatic heterocycles. The summed E-state index contributed by atoms with van der Waals surface area (Å²) in [5.41, 5.74) is -0.642. The molecule has 1 unspecified atom stereocenters. The van der Waals surface area contributed by atoms with Crippen LogP contribution >= 0.6 is 27.5 Å². The van der Waals surface area contributed by atoms with E-state index in [-0.39, 0.29) is 0 Å². The number of carboxylic acid groups (broad SMARTS) is 1. The highest BCUT2D eigenvalue weighted by Gasteiger charge is 2.46. The normalized spacial score (nSPS) is 21.9. The number of carbonyl (C=O) groups is 2. The zero-order valence-corrected chi connectivity index (χ0v) is 13.2. The van der Waals surface area contributed by atoms with Gasteiger partial charge < -0.3 is 15.3 Å². The van der Waals surface area contributed by atoms with Crippen molar-refractivity contribution in [1.29, 1.82) is 0 Å². The molecule has 2 N–H and O–H groups in total. The second-order valence-corrected chi connectivity index (χ2v) is 6.07. The van der Waals surface area contributed by atoms with E-state index in [0.29, 0.717) is 34.6 Å². The van der Waals surface area contributed by atoms with Crippen molar-refractivity contribution in [3.8, 4) is 0 Å². The van der Waals surface area contributed by atoms with Gasteiger partial charge >= 0.3 is 12.0 Å². The van der Waals surface area contributed by atoms with Gasteiger partial charge in [0.05, 0.1) is 15.2 Å². The van der Waals surface area contributed by atoms with Gasteiger partial charge in [0.25, 0.3) is 0 Å². The van der Waals surface area contributed by atoms with Crippen molar-refractivity contribution in [2.75, 3.05) is 11.9 Å². The maximum absolute atomic E-state index is 12.3. The van der Waals surface area contributed by atoms with E-state index in [2.05, 4.69) is 21.2 Å². The Bertz CT molecular complexity index is 567. The highest BCUT2D eigenvalue weighted by Crippen LogP contribution is 2.33. The van der Waals surface area contributed by atoms with Gasteiger partial charge in [-0.15, -0.1) is 0 Å². The fraction of sp³-hybridized carbons (Fsp3) is 0.385. The second-order valence-electron chi connectivity index (χ2n) is 4.87. The van der Waals surface area contributed by atoms with Crippen LogP contribution < -0.4 is 5.32 Å². The van der Waals surface area contributed by atoms with Gasteiger partial charge in [0.2, 0.25) is 0 Å². The van der Waals surface area contributed by atoms with Gasteiger partial charge in [-0.1, -0.05) is 17.7 Å². The van der Waals surface area contributed by atoms with E-state index in [0.717, 1.165) is 0 Å². The Morgan fingerprint density at radius 3 is 2.85 bits per heavy atom. The summed E-state index contributed by atoms with van der Waals surface area (Å²) < 4.78 is 0.575. The zero-order valence-electron chi connectivity index (χ0n) is 10.8. The Labute approximate surface area is 130 Å². The minimum absolute atomic E-state index is 0.423. The number of aliphatic carboxylic acids is 1. The second kappa shape index (κ2) is 5.61. The largest absolute Gasteiger partial charge is 0.480 e. The molecule has 0 bridgehead atoms. The van der Waals surface area contributed by atoms with Crippen LogP contribution in [0.5, 0.6) is 0 Å². The van der Waals surface area contributed by atoms with E-state index in [4.69, 9.17) is 11.6 Å². The number of hydrogen-bond donors (Lipinski definition) is 2. The summed E-state index contributed by atoms with van der Waals surface area (Å²) >= 11 is 9.25. The maximum atomic E-state index is 12.3. The molecule has 108 valence electrons. The van der Waals surface area contributed by atoms with Crippen LogP contribution in [0.3, 0.4) is 0 Å². The Balaban J connectivity index is 2.20. The molecule has 1 aromatic rings. The number of benzene rings is 1. The van der Waals surface area contributed by atoms with Gasteiger partial charge in [0.1, 0.15) is 5.54 Å². The average Bonchev–Trinajstić information content (AvgIpc) is 2.78. The Hall–Kier alpha value is -1.27. The lowest BCUT2D eigenvalue weighted by Crippen LogP contribution is -2.52. The summed E-state index contributed by atoms with van der Waals surface area (Å²) in [4.78, 5) is 25.0. The van der Waals surface area contributed by atoms with Crippen LogP contribution in [0.4, 0.5) is 10.5 Å². The molecule has 0 aliphatic carbocycles. The Morgan fingerprint density at radius 2 is 2.20 bits per heavy atom. The first kappa shape index (κ1) is 15.1. The molecule has 1 atom stereocenters. The first-order valence-corrected chi connectivity index (χ1v) is 7.29. The van der Waals surface area contributed by atoms with Crippen molar-refractivity contribution in [2.45, 2.75) is 25.3 Å². The minimum Gasteiger partial charge on any atom is -0.480 e. The standard InChI is InChI=1S/C13H14BrClN2O3/c1-13(11(18)19)6-3-7-17(13)12(20)16-9-5-2-4-8(15)10(9)14/h2,4-5H,3,6-7H2,1H3,(H,16,20)(H,18,19). The topological polar surface area (TPSA) is 69.6 Å². The van der Waals surface area contributed by atoms with E-state index in [1.165, 1.54) is 4.90 Å². The summed E-state index contributed by atoms with van der Waals surface area (Å²) in [6, 6.07) is 4.67. The third-order valence-corrected chi connectivity index (χ3v) is 4.94. The molecule has 7 heteroatoms. The van der Waals surface area contributed by atoms with Crippen LogP contribution in [0.25, 0.3) is 0 Å². The van der Waals surface area contributed by atoms with Crippen LogP contribution in [-0.4, -0.2) is 34.1 Å². The van der Waals surface area contributed by atoms with Crippen molar-refractivity contribution in [1.82, 2.24) is 4.90 Å². The smallest absolute Gasteiger partial charge is 0.329 e. The highest BCUT2D eigenvalue weighted by atomic mass is 79.9. The number of hydrogen-bond acceptors (Lipinski definition) is 2. The van der Waals surface area contributed by atoms with E-state index in [9.17, 15) is 14.7 Å². The van der Waals surface area contributed by atoms with Crippen LogP contribution in [0.2, 0.25) is 5.02 Å². The predicted octanol–water partition coefficient (Wildman–Crippen LogP) is 3.57. The summed E-state index contributed by atoms with van der Waals surface area (Å²) in [6.07, 6.45) is 1.12. The number of nitrogens with zero attached hydrogens (tertiary/aromatic N) is 1. The number of urea groups is 1. The number of likely N-dealkylation sites (tertiary alicyclic amines) is 1. The molecular formula is C13H14BrClN2O3. The number of amides is 2. The van der Waals surface area contributed by atoms with E-state index < -0.39 is 17.5 Å². The molecule has 5 nitrogen and oxygen atoms in total. The molecule has 1 heterocycles. The van der Waals surface area contributed by atoms with Crippen LogP contribution in [0.1, 0.15) is 19.8 Å². The van der Waals surface area contributed by atoms with Crippen LogP contribution in [-0.2, 0) is 4.79 Å². The molecular weight excluding hydrogens is 348 g/mol. The van der Waals surface area contributed by atoms with E-state index in [1.807, 2.05) is 0 Å². The maximum Gasteiger partial charge on any atom is 0.329 e. The van der Waals surface area contributed by atoms with E-state index >= 15 is 0 Å². The molecule has 20 heavy (non-hydrogen) atoms. The van der Waals surface area contributed by atoms with Gasteiger partial charge in [-0.3, -0.25) is 0 Å². The fourth-order valence-corrected chi connectivity index (χ4v) is 2.83.